The van der Waals surface area contributed by atoms with E-state index < -0.39 is 4.92 Å². The average Bonchev–Trinajstić information content (AvgIpc) is 2.36. The predicted molar refractivity (Wildman–Crippen MR) is 70.5 cm³/mol. The fourth-order valence-electron chi connectivity index (χ4n) is 1.33. The lowest BCUT2D eigenvalue weighted by Gasteiger charge is -2.09. The van der Waals surface area contributed by atoms with Gasteiger partial charge in [-0.1, -0.05) is 19.1 Å². The van der Waals surface area contributed by atoms with Gasteiger partial charge >= 0.3 is 5.97 Å². The molecule has 0 amide bonds. The Labute approximate surface area is 110 Å². The number of nitrogens with zero attached hydrogens (tertiary/aromatic N) is 1. The zero-order valence-corrected chi connectivity index (χ0v) is 11.1. The van der Waals surface area contributed by atoms with Gasteiger partial charge in [-0.2, -0.15) is 11.8 Å². The highest BCUT2D eigenvalue weighted by molar-refractivity contribution is 7.99. The summed E-state index contributed by atoms with van der Waals surface area (Å²) in [5, 5.41) is 10.6. The van der Waals surface area contributed by atoms with Gasteiger partial charge in [0.25, 0.3) is 5.69 Å². The number of ether oxygens (including phenoxy) is 1. The van der Waals surface area contributed by atoms with E-state index in [1.807, 2.05) is 6.92 Å². The Morgan fingerprint density at radius 1 is 1.44 bits per heavy atom. The van der Waals surface area contributed by atoms with Gasteiger partial charge < -0.3 is 4.74 Å². The molecule has 0 saturated carbocycles. The molecule has 0 saturated heterocycles. The highest BCUT2D eigenvalue weighted by Gasteiger charge is 2.10. The van der Waals surface area contributed by atoms with Crippen LogP contribution in [0.3, 0.4) is 0 Å². The van der Waals surface area contributed by atoms with Crippen molar-refractivity contribution in [3.63, 3.8) is 0 Å². The molecule has 0 radical (unpaired) electrons. The Kier molecular flexibility index (Phi) is 5.64. The van der Waals surface area contributed by atoms with Gasteiger partial charge in [0.1, 0.15) is 0 Å². The summed E-state index contributed by atoms with van der Waals surface area (Å²) in [5.74, 6) is 0.495. The fourth-order valence-corrected chi connectivity index (χ4v) is 2.25. The smallest absolute Gasteiger partial charge is 0.306 e. The van der Waals surface area contributed by atoms with Crippen molar-refractivity contribution in [2.75, 3.05) is 7.11 Å². The number of benzene rings is 1. The molecular weight excluding hydrogens is 254 g/mol. The van der Waals surface area contributed by atoms with E-state index in [-0.39, 0.29) is 16.9 Å². The summed E-state index contributed by atoms with van der Waals surface area (Å²) in [6, 6.07) is 6.44. The largest absolute Gasteiger partial charge is 0.469 e. The van der Waals surface area contributed by atoms with Gasteiger partial charge in [-0.25, -0.2) is 0 Å². The lowest BCUT2D eigenvalue weighted by Crippen LogP contribution is -2.08. The third-order valence-corrected chi connectivity index (χ3v) is 3.60. The number of hydrogen-bond donors (Lipinski definition) is 0. The van der Waals surface area contributed by atoms with E-state index >= 15 is 0 Å². The number of rotatable bonds is 6. The Morgan fingerprint density at radius 3 is 2.56 bits per heavy atom. The van der Waals surface area contributed by atoms with Gasteiger partial charge in [-0.05, 0) is 5.56 Å². The first-order valence-electron chi connectivity index (χ1n) is 5.44. The zero-order chi connectivity index (χ0) is 13.5. The first-order valence-corrected chi connectivity index (χ1v) is 6.49. The minimum Gasteiger partial charge on any atom is -0.469 e. The molecule has 1 atom stereocenters. The second-order valence-corrected chi connectivity index (χ2v) is 5.25. The Balaban J connectivity index is 2.43. The molecule has 0 N–H and O–H groups in total. The SMILES string of the molecule is COC(=O)CC(C)SCc1ccc([N+](=O)[O-])cc1. The number of hydrogen-bond acceptors (Lipinski definition) is 5. The molecule has 6 heteroatoms. The summed E-state index contributed by atoms with van der Waals surface area (Å²) in [7, 11) is 1.37. The number of thioether (sulfide) groups is 1. The van der Waals surface area contributed by atoms with E-state index in [4.69, 9.17) is 0 Å². The van der Waals surface area contributed by atoms with Crippen LogP contribution in [0.15, 0.2) is 24.3 Å². The number of carbonyl (C=O) groups is 1. The van der Waals surface area contributed by atoms with Gasteiger partial charge in [-0.15, -0.1) is 0 Å². The molecule has 1 rings (SSSR count). The van der Waals surface area contributed by atoms with Crippen molar-refractivity contribution in [1.29, 1.82) is 0 Å². The second-order valence-electron chi connectivity index (χ2n) is 3.83. The summed E-state index contributed by atoms with van der Waals surface area (Å²) in [6.07, 6.45) is 0.369. The summed E-state index contributed by atoms with van der Waals surface area (Å²) < 4.78 is 4.59. The van der Waals surface area contributed by atoms with Crippen LogP contribution in [0, 0.1) is 10.1 Å². The van der Waals surface area contributed by atoms with Crippen LogP contribution in [-0.4, -0.2) is 23.3 Å². The van der Waals surface area contributed by atoms with E-state index in [2.05, 4.69) is 4.74 Å². The third-order valence-electron chi connectivity index (χ3n) is 2.36. The quantitative estimate of drug-likeness (QED) is 0.451. The van der Waals surface area contributed by atoms with E-state index in [0.717, 1.165) is 11.3 Å². The van der Waals surface area contributed by atoms with Gasteiger partial charge in [0, 0.05) is 23.1 Å². The van der Waals surface area contributed by atoms with Crippen molar-refractivity contribution < 1.29 is 14.5 Å². The fraction of sp³-hybridized carbons (Fsp3) is 0.417. The molecule has 1 aromatic rings. The summed E-state index contributed by atoms with van der Waals surface area (Å²) in [5.41, 5.74) is 1.09. The first-order chi connectivity index (χ1) is 8.52. The van der Waals surface area contributed by atoms with Crippen LogP contribution >= 0.6 is 11.8 Å². The minimum atomic E-state index is -0.420. The molecule has 5 nitrogen and oxygen atoms in total. The molecule has 1 aromatic carbocycles. The number of nitro benzene ring substituents is 1. The standard InChI is InChI=1S/C12H15NO4S/c1-9(7-12(14)17-2)18-8-10-3-5-11(6-4-10)13(15)16/h3-6,9H,7-8H2,1-2H3. The van der Waals surface area contributed by atoms with Gasteiger partial charge in [0.05, 0.1) is 18.5 Å². The summed E-state index contributed by atoms with van der Waals surface area (Å²) in [4.78, 5) is 21.1. The van der Waals surface area contributed by atoms with Crippen LogP contribution in [0.1, 0.15) is 18.9 Å². The van der Waals surface area contributed by atoms with E-state index in [0.29, 0.717) is 6.42 Å². The lowest BCUT2D eigenvalue weighted by molar-refractivity contribution is -0.384. The minimum absolute atomic E-state index is 0.0892. The van der Waals surface area contributed by atoms with Gasteiger partial charge in [-0.3, -0.25) is 14.9 Å². The number of carbonyl (C=O) groups excluding carboxylic acids is 1. The molecule has 0 spiro atoms. The van der Waals surface area contributed by atoms with Crippen molar-refractivity contribution in [2.45, 2.75) is 24.3 Å². The van der Waals surface area contributed by atoms with Crippen molar-refractivity contribution >= 4 is 23.4 Å². The predicted octanol–water partition coefficient (Wildman–Crippen LogP) is 2.78. The van der Waals surface area contributed by atoms with Crippen molar-refractivity contribution in [3.05, 3.63) is 39.9 Å². The third kappa shape index (κ3) is 4.75. The van der Waals surface area contributed by atoms with Crippen LogP contribution in [-0.2, 0) is 15.3 Å². The van der Waals surface area contributed by atoms with Crippen LogP contribution in [0.4, 0.5) is 5.69 Å². The van der Waals surface area contributed by atoms with Crippen LogP contribution in [0.2, 0.25) is 0 Å². The average molecular weight is 269 g/mol. The molecule has 98 valence electrons. The first kappa shape index (κ1) is 14.5. The van der Waals surface area contributed by atoms with Gasteiger partial charge in [0.15, 0.2) is 0 Å². The molecule has 1 unspecified atom stereocenters. The molecule has 0 fully saturated rings. The molecule has 0 heterocycles. The summed E-state index contributed by atoms with van der Waals surface area (Å²) in [6.45, 7) is 1.95. The maximum absolute atomic E-state index is 11.0. The Morgan fingerprint density at radius 2 is 2.06 bits per heavy atom. The molecule has 18 heavy (non-hydrogen) atoms. The number of esters is 1. The summed E-state index contributed by atoms with van der Waals surface area (Å²) >= 11 is 1.62. The number of nitro groups is 1. The van der Waals surface area contributed by atoms with E-state index in [1.165, 1.54) is 19.2 Å². The molecule has 0 aliphatic carbocycles. The van der Waals surface area contributed by atoms with Crippen LogP contribution < -0.4 is 0 Å². The molecule has 0 bridgehead atoms. The van der Waals surface area contributed by atoms with Crippen molar-refractivity contribution in [2.24, 2.45) is 0 Å². The molecular formula is C12H15NO4S. The topological polar surface area (TPSA) is 69.4 Å². The molecule has 0 aromatic heterocycles. The molecule has 0 aliphatic rings. The maximum atomic E-state index is 11.0. The zero-order valence-electron chi connectivity index (χ0n) is 10.3. The number of methoxy groups -OCH3 is 1. The monoisotopic (exact) mass is 269 g/mol. The van der Waals surface area contributed by atoms with Gasteiger partial charge in [0.2, 0.25) is 0 Å². The lowest BCUT2D eigenvalue weighted by atomic mass is 10.2. The van der Waals surface area contributed by atoms with Crippen LogP contribution in [0.25, 0.3) is 0 Å². The maximum Gasteiger partial charge on any atom is 0.306 e. The molecule has 0 aliphatic heterocycles. The van der Waals surface area contributed by atoms with Crippen molar-refractivity contribution in [1.82, 2.24) is 0 Å². The van der Waals surface area contributed by atoms with E-state index in [1.54, 1.807) is 23.9 Å². The highest BCUT2D eigenvalue weighted by atomic mass is 32.2. The van der Waals surface area contributed by atoms with E-state index in [9.17, 15) is 14.9 Å². The van der Waals surface area contributed by atoms with Crippen LogP contribution in [0.5, 0.6) is 0 Å². The number of non-ortho nitro benzene ring substituents is 1. The highest BCUT2D eigenvalue weighted by Crippen LogP contribution is 2.21. The normalized spacial score (nSPS) is 11.9. The van der Waals surface area contributed by atoms with Crippen molar-refractivity contribution in [3.8, 4) is 0 Å². The Bertz CT molecular complexity index is 419. The second kappa shape index (κ2) is 7.00. The Hall–Kier alpha value is -1.56.